The lowest BCUT2D eigenvalue weighted by molar-refractivity contribution is 1.02. The molecule has 8 aromatic rings. The predicted molar refractivity (Wildman–Crippen MR) is 185 cm³/mol. The second kappa shape index (κ2) is 9.58. The number of benzene rings is 7. The summed E-state index contributed by atoms with van der Waals surface area (Å²) in [7, 11) is 0. The molecule has 1 aliphatic rings. The molecule has 0 bridgehead atoms. The van der Waals surface area contributed by atoms with E-state index in [2.05, 4.69) is 156 Å². The molecule has 0 saturated carbocycles. The zero-order valence-electron chi connectivity index (χ0n) is 23.8. The Morgan fingerprint density at radius 3 is 1.56 bits per heavy atom. The highest BCUT2D eigenvalue weighted by atomic mass is 15.0. The Kier molecular flexibility index (Phi) is 5.39. The van der Waals surface area contributed by atoms with Crippen LogP contribution in [-0.2, 0) is 0 Å². The number of rotatable bonds is 3. The fourth-order valence-corrected chi connectivity index (χ4v) is 7.25. The average Bonchev–Trinajstić information content (AvgIpc) is 3.42. The van der Waals surface area contributed by atoms with Crippen LogP contribution in [0.15, 0.2) is 152 Å². The van der Waals surface area contributed by atoms with Crippen LogP contribution in [0.5, 0.6) is 0 Å². The van der Waals surface area contributed by atoms with Gasteiger partial charge < -0.3 is 4.57 Å². The van der Waals surface area contributed by atoms with Gasteiger partial charge in [0.05, 0.1) is 11.0 Å². The molecule has 0 N–H and O–H groups in total. The number of para-hydroxylation sites is 1. The molecule has 9 rings (SSSR count). The van der Waals surface area contributed by atoms with Crippen molar-refractivity contribution in [2.75, 3.05) is 0 Å². The molecule has 0 aliphatic heterocycles. The molecule has 0 spiro atoms. The summed E-state index contributed by atoms with van der Waals surface area (Å²) < 4.78 is 2.43. The summed E-state index contributed by atoms with van der Waals surface area (Å²) in [5.74, 6) is 0. The van der Waals surface area contributed by atoms with Crippen LogP contribution in [0.25, 0.3) is 82.1 Å². The summed E-state index contributed by atoms with van der Waals surface area (Å²) in [5, 5.41) is 10.4. The Labute approximate surface area is 250 Å². The first-order valence-electron chi connectivity index (χ1n) is 15.2. The molecule has 0 unspecified atom stereocenters. The maximum absolute atomic E-state index is 2.43. The van der Waals surface area contributed by atoms with Gasteiger partial charge in [0.1, 0.15) is 0 Å². The first-order chi connectivity index (χ1) is 21.3. The lowest BCUT2D eigenvalue weighted by atomic mass is 9.89. The van der Waals surface area contributed by atoms with Crippen LogP contribution in [0.3, 0.4) is 0 Å². The van der Waals surface area contributed by atoms with Gasteiger partial charge in [-0.25, -0.2) is 0 Å². The molecule has 1 aliphatic carbocycles. The van der Waals surface area contributed by atoms with Crippen LogP contribution in [-0.4, -0.2) is 4.57 Å². The average molecular weight is 548 g/mol. The molecule has 0 amide bonds. The third-order valence-corrected chi connectivity index (χ3v) is 9.20. The van der Waals surface area contributed by atoms with Crippen molar-refractivity contribution in [1.82, 2.24) is 4.57 Å². The summed E-state index contributed by atoms with van der Waals surface area (Å²) in [6.07, 6.45) is 9.12. The molecule has 202 valence electrons. The Morgan fingerprint density at radius 2 is 0.907 bits per heavy atom. The molecular weight excluding hydrogens is 518 g/mol. The summed E-state index contributed by atoms with van der Waals surface area (Å²) >= 11 is 0. The van der Waals surface area contributed by atoms with Crippen molar-refractivity contribution in [2.45, 2.75) is 12.8 Å². The number of aromatic nitrogens is 1. The van der Waals surface area contributed by atoms with Crippen LogP contribution in [0.1, 0.15) is 12.8 Å². The Hall–Kier alpha value is -5.40. The van der Waals surface area contributed by atoms with E-state index in [1.165, 1.54) is 82.1 Å². The highest BCUT2D eigenvalue weighted by molar-refractivity contribution is 6.25. The van der Waals surface area contributed by atoms with E-state index in [1.807, 2.05) is 0 Å². The van der Waals surface area contributed by atoms with Crippen molar-refractivity contribution < 1.29 is 0 Å². The van der Waals surface area contributed by atoms with Crippen molar-refractivity contribution in [3.8, 4) is 22.3 Å². The van der Waals surface area contributed by atoms with Crippen molar-refractivity contribution in [3.63, 3.8) is 0 Å². The fourth-order valence-electron chi connectivity index (χ4n) is 7.25. The second-order valence-electron chi connectivity index (χ2n) is 11.6. The Bertz CT molecular complexity index is 2420. The predicted octanol–water partition coefficient (Wildman–Crippen LogP) is 11.8. The number of hydrogen-bond donors (Lipinski definition) is 0. The number of hydrogen-bond acceptors (Lipinski definition) is 0. The highest BCUT2D eigenvalue weighted by Crippen LogP contribution is 2.41. The molecular formula is C42H29N. The van der Waals surface area contributed by atoms with E-state index in [4.69, 9.17) is 0 Å². The minimum absolute atomic E-state index is 1.09. The molecule has 0 radical (unpaired) electrons. The summed E-state index contributed by atoms with van der Waals surface area (Å²) in [6.45, 7) is 0. The van der Waals surface area contributed by atoms with Crippen molar-refractivity contribution in [3.05, 3.63) is 152 Å². The van der Waals surface area contributed by atoms with E-state index in [0.29, 0.717) is 0 Å². The van der Waals surface area contributed by atoms with E-state index in [0.717, 1.165) is 12.8 Å². The smallest absolute Gasteiger partial charge is 0.0541 e. The lowest BCUT2D eigenvalue weighted by Crippen LogP contribution is -1.96. The normalized spacial score (nSPS) is 13.4. The van der Waals surface area contributed by atoms with E-state index in [-0.39, 0.29) is 0 Å². The topological polar surface area (TPSA) is 4.93 Å². The monoisotopic (exact) mass is 547 g/mol. The molecule has 7 aromatic carbocycles. The molecule has 0 fully saturated rings. The van der Waals surface area contributed by atoms with Gasteiger partial charge in [0, 0.05) is 16.5 Å². The van der Waals surface area contributed by atoms with Crippen molar-refractivity contribution >= 4 is 59.8 Å². The minimum atomic E-state index is 1.09. The third kappa shape index (κ3) is 3.72. The molecule has 1 aromatic heterocycles. The maximum atomic E-state index is 2.43. The fraction of sp³-hybridized carbons (Fsp3) is 0.0476. The summed E-state index contributed by atoms with van der Waals surface area (Å²) in [4.78, 5) is 0. The van der Waals surface area contributed by atoms with Gasteiger partial charge in [-0.15, -0.1) is 0 Å². The van der Waals surface area contributed by atoms with Gasteiger partial charge >= 0.3 is 0 Å². The third-order valence-electron chi connectivity index (χ3n) is 9.20. The molecule has 43 heavy (non-hydrogen) atoms. The van der Waals surface area contributed by atoms with Gasteiger partial charge in [-0.2, -0.15) is 0 Å². The molecule has 1 heterocycles. The van der Waals surface area contributed by atoms with Gasteiger partial charge in [-0.3, -0.25) is 0 Å². The number of allylic oxidation sites excluding steroid dienone is 4. The largest absolute Gasteiger partial charge is 0.310 e. The van der Waals surface area contributed by atoms with Gasteiger partial charge in [-0.1, -0.05) is 121 Å². The van der Waals surface area contributed by atoms with Crippen LogP contribution >= 0.6 is 0 Å². The van der Waals surface area contributed by atoms with E-state index < -0.39 is 0 Å². The number of nitrogens with zero attached hydrogens (tertiary/aromatic N) is 1. The standard InChI is InChI=1S/C42H29N/c1-2-12-30(13-3-1)43-41-21-11-10-20-38(41)40-27-29(23-25-42(40)43)32-15-5-4-14-31(32)28-22-24-37-35-18-7-6-16-33(35)34-17-8-9-19-36(34)39(37)26-28/h2,4-27H,1,3H2. The zero-order valence-corrected chi connectivity index (χ0v) is 23.8. The molecule has 1 nitrogen and oxygen atoms in total. The first kappa shape index (κ1) is 24.2. The molecule has 1 heteroatoms. The lowest BCUT2D eigenvalue weighted by Gasteiger charge is -2.15. The van der Waals surface area contributed by atoms with Gasteiger partial charge in [0.25, 0.3) is 0 Å². The second-order valence-corrected chi connectivity index (χ2v) is 11.6. The maximum Gasteiger partial charge on any atom is 0.0541 e. The van der Waals surface area contributed by atoms with E-state index in [9.17, 15) is 0 Å². The molecule has 0 saturated heterocycles. The Balaban J connectivity index is 1.26. The van der Waals surface area contributed by atoms with E-state index >= 15 is 0 Å². The highest BCUT2D eigenvalue weighted by Gasteiger charge is 2.16. The van der Waals surface area contributed by atoms with Gasteiger partial charge in [0.2, 0.25) is 0 Å². The van der Waals surface area contributed by atoms with Gasteiger partial charge in [0.15, 0.2) is 0 Å². The van der Waals surface area contributed by atoms with Crippen molar-refractivity contribution in [1.29, 1.82) is 0 Å². The van der Waals surface area contributed by atoms with Crippen LogP contribution in [0.4, 0.5) is 0 Å². The summed E-state index contributed by atoms with van der Waals surface area (Å²) in [6, 6.07) is 49.3. The summed E-state index contributed by atoms with van der Waals surface area (Å²) in [5.41, 5.74) is 8.76. The zero-order chi connectivity index (χ0) is 28.3. The minimum Gasteiger partial charge on any atom is -0.310 e. The van der Waals surface area contributed by atoms with Crippen LogP contribution in [0.2, 0.25) is 0 Å². The SMILES string of the molecule is C1=CC(n2c3ccccc3c3cc(-c4ccccc4-c4ccc5c6ccccc6c6ccccc6c5c4)ccc32)=CCC1. The first-order valence-corrected chi connectivity index (χ1v) is 15.2. The quantitative estimate of drug-likeness (QED) is 0.194. The number of fused-ring (bicyclic) bond motifs is 9. The van der Waals surface area contributed by atoms with Crippen LogP contribution in [0, 0.1) is 0 Å². The van der Waals surface area contributed by atoms with Crippen molar-refractivity contribution in [2.24, 2.45) is 0 Å². The van der Waals surface area contributed by atoms with E-state index in [1.54, 1.807) is 0 Å². The molecule has 0 atom stereocenters. The van der Waals surface area contributed by atoms with Crippen LogP contribution < -0.4 is 0 Å². The van der Waals surface area contributed by atoms with Gasteiger partial charge in [-0.05, 0) is 97.8 Å². The Morgan fingerprint density at radius 1 is 0.395 bits per heavy atom.